The normalized spacial score (nSPS) is 12.1. The number of nitrogens with one attached hydrogen (secondary N) is 1. The second kappa shape index (κ2) is 6.90. The van der Waals surface area contributed by atoms with Crippen molar-refractivity contribution in [1.29, 1.82) is 0 Å². The first kappa shape index (κ1) is 15.2. The van der Waals surface area contributed by atoms with Crippen LogP contribution in [0.2, 0.25) is 0 Å². The molecule has 0 atom stereocenters. The molecule has 18 heavy (non-hydrogen) atoms. The minimum absolute atomic E-state index is 0.0924. The maximum absolute atomic E-state index is 8.70. The molecule has 4 nitrogen and oxygen atoms in total. The van der Waals surface area contributed by atoms with Crippen molar-refractivity contribution in [3.8, 4) is 0 Å². The van der Waals surface area contributed by atoms with Gasteiger partial charge < -0.3 is 10.4 Å². The molecule has 0 aliphatic carbocycles. The lowest BCUT2D eigenvalue weighted by Gasteiger charge is -2.17. The van der Waals surface area contributed by atoms with E-state index in [2.05, 4.69) is 37.4 Å². The van der Waals surface area contributed by atoms with Crippen molar-refractivity contribution in [3.05, 3.63) is 17.5 Å². The zero-order chi connectivity index (χ0) is 13.6. The molecule has 0 saturated carbocycles. The van der Waals surface area contributed by atoms with E-state index < -0.39 is 0 Å². The molecule has 0 aromatic carbocycles. The van der Waals surface area contributed by atoms with Crippen molar-refractivity contribution < 1.29 is 5.11 Å². The summed E-state index contributed by atoms with van der Waals surface area (Å²) in [5.41, 5.74) is 2.55. The largest absolute Gasteiger partial charge is 0.396 e. The smallest absolute Gasteiger partial charge is 0.0722 e. The van der Waals surface area contributed by atoms with Crippen molar-refractivity contribution in [2.24, 2.45) is 7.05 Å². The van der Waals surface area contributed by atoms with Gasteiger partial charge in [0.05, 0.1) is 5.69 Å². The molecule has 0 spiro atoms. The monoisotopic (exact) mass is 253 g/mol. The number of unbranched alkanes of at least 4 members (excludes halogenated alkanes) is 2. The summed E-state index contributed by atoms with van der Waals surface area (Å²) >= 11 is 0. The molecule has 104 valence electrons. The quantitative estimate of drug-likeness (QED) is 0.730. The maximum Gasteiger partial charge on any atom is 0.0722 e. The predicted molar refractivity (Wildman–Crippen MR) is 74.6 cm³/mol. The van der Waals surface area contributed by atoms with Gasteiger partial charge in [-0.25, -0.2) is 0 Å². The molecule has 0 fully saturated rings. The average Bonchev–Trinajstić information content (AvgIpc) is 2.64. The molecule has 0 amide bonds. The summed E-state index contributed by atoms with van der Waals surface area (Å²) in [4.78, 5) is 0. The number of rotatable bonds is 7. The lowest BCUT2D eigenvalue weighted by atomic mass is 9.89. The minimum atomic E-state index is 0.0924. The van der Waals surface area contributed by atoms with Gasteiger partial charge in [-0.05, 0) is 25.8 Å². The van der Waals surface area contributed by atoms with Gasteiger partial charge in [-0.2, -0.15) is 5.10 Å². The molecule has 0 aliphatic heterocycles. The van der Waals surface area contributed by atoms with Crippen LogP contribution in [0.3, 0.4) is 0 Å². The second-order valence-electron chi connectivity index (χ2n) is 5.89. The summed E-state index contributed by atoms with van der Waals surface area (Å²) < 4.78 is 1.89. The number of hydrogen-bond acceptors (Lipinski definition) is 3. The summed E-state index contributed by atoms with van der Waals surface area (Å²) in [5, 5.41) is 16.7. The van der Waals surface area contributed by atoms with Gasteiger partial charge in [-0.3, -0.25) is 4.68 Å². The maximum atomic E-state index is 8.70. The van der Waals surface area contributed by atoms with Crippen molar-refractivity contribution in [3.63, 3.8) is 0 Å². The lowest BCUT2D eigenvalue weighted by molar-refractivity contribution is 0.283. The molecule has 0 bridgehead atoms. The highest BCUT2D eigenvalue weighted by molar-refractivity contribution is 5.23. The van der Waals surface area contributed by atoms with Gasteiger partial charge in [0.25, 0.3) is 0 Å². The van der Waals surface area contributed by atoms with Gasteiger partial charge >= 0.3 is 0 Å². The lowest BCUT2D eigenvalue weighted by Crippen LogP contribution is -2.20. The Kier molecular flexibility index (Phi) is 5.82. The Morgan fingerprint density at radius 2 is 2.00 bits per heavy atom. The van der Waals surface area contributed by atoms with E-state index in [1.807, 2.05) is 11.7 Å². The first-order chi connectivity index (χ1) is 8.45. The highest BCUT2D eigenvalue weighted by Gasteiger charge is 2.21. The van der Waals surface area contributed by atoms with Crippen LogP contribution in [0.5, 0.6) is 0 Å². The minimum Gasteiger partial charge on any atom is -0.396 e. The fourth-order valence-electron chi connectivity index (χ4n) is 2.06. The number of aliphatic hydroxyl groups is 1. The van der Waals surface area contributed by atoms with Crippen molar-refractivity contribution in [2.45, 2.75) is 52.0 Å². The van der Waals surface area contributed by atoms with Gasteiger partial charge in [0.2, 0.25) is 0 Å². The Morgan fingerprint density at radius 3 is 2.61 bits per heavy atom. The van der Waals surface area contributed by atoms with Crippen molar-refractivity contribution >= 4 is 0 Å². The summed E-state index contributed by atoms with van der Waals surface area (Å²) in [7, 11) is 1.97. The fourth-order valence-corrected chi connectivity index (χ4v) is 2.06. The molecule has 0 saturated heterocycles. The van der Waals surface area contributed by atoms with Gasteiger partial charge in [0.15, 0.2) is 0 Å². The van der Waals surface area contributed by atoms with E-state index in [0.29, 0.717) is 6.61 Å². The Bertz CT molecular complexity index is 352. The molecule has 1 aromatic heterocycles. The summed E-state index contributed by atoms with van der Waals surface area (Å²) in [5.74, 6) is 0. The number of aromatic nitrogens is 2. The van der Waals surface area contributed by atoms with E-state index in [0.717, 1.165) is 32.4 Å². The van der Waals surface area contributed by atoms with Crippen LogP contribution in [0, 0.1) is 0 Å². The zero-order valence-electron chi connectivity index (χ0n) is 12.2. The molecule has 1 aromatic rings. The Morgan fingerprint density at radius 1 is 1.28 bits per heavy atom. The predicted octanol–water partition coefficient (Wildman–Crippen LogP) is 1.97. The van der Waals surface area contributed by atoms with Gasteiger partial charge in [0, 0.05) is 37.4 Å². The molecule has 4 heteroatoms. The molecule has 0 radical (unpaired) electrons. The molecule has 1 rings (SSSR count). The Labute approximate surface area is 110 Å². The molecule has 1 heterocycles. The molecular formula is C14H27N3O. The van der Waals surface area contributed by atoms with Crippen molar-refractivity contribution in [1.82, 2.24) is 15.1 Å². The number of aliphatic hydroxyl groups excluding tert-OH is 1. The summed E-state index contributed by atoms with van der Waals surface area (Å²) in [6.07, 6.45) is 5.21. The number of nitrogens with zero attached hydrogens (tertiary/aromatic N) is 2. The van der Waals surface area contributed by atoms with E-state index in [9.17, 15) is 0 Å². The van der Waals surface area contributed by atoms with Crippen LogP contribution in [-0.4, -0.2) is 28.0 Å². The van der Waals surface area contributed by atoms with E-state index >= 15 is 0 Å². The third-order valence-electron chi connectivity index (χ3n) is 2.94. The van der Waals surface area contributed by atoms with Crippen LogP contribution in [0.15, 0.2) is 6.20 Å². The van der Waals surface area contributed by atoms with Crippen LogP contribution in [0.25, 0.3) is 0 Å². The van der Waals surface area contributed by atoms with Crippen molar-refractivity contribution in [2.75, 3.05) is 13.2 Å². The topological polar surface area (TPSA) is 50.1 Å². The molecular weight excluding hydrogens is 226 g/mol. The summed E-state index contributed by atoms with van der Waals surface area (Å²) in [6.45, 7) is 8.76. The molecule has 2 N–H and O–H groups in total. The number of hydrogen-bond donors (Lipinski definition) is 2. The zero-order valence-corrected chi connectivity index (χ0v) is 12.2. The first-order valence-corrected chi connectivity index (χ1v) is 6.79. The third-order valence-corrected chi connectivity index (χ3v) is 2.94. The average molecular weight is 253 g/mol. The molecule has 0 unspecified atom stereocenters. The standard InChI is InChI=1S/C14H27N3O/c1-14(2,3)13-12(11-17(4)16-13)10-15-8-6-5-7-9-18/h11,15,18H,5-10H2,1-4H3. The van der Waals surface area contributed by atoms with Crippen LogP contribution in [0.4, 0.5) is 0 Å². The first-order valence-electron chi connectivity index (χ1n) is 6.79. The van der Waals surface area contributed by atoms with Gasteiger partial charge in [-0.15, -0.1) is 0 Å². The van der Waals surface area contributed by atoms with Gasteiger partial charge in [0.1, 0.15) is 0 Å². The Hall–Kier alpha value is -0.870. The second-order valence-corrected chi connectivity index (χ2v) is 5.89. The Balaban J connectivity index is 2.42. The highest BCUT2D eigenvalue weighted by atomic mass is 16.2. The number of aryl methyl sites for hydroxylation is 1. The van der Waals surface area contributed by atoms with Crippen LogP contribution in [0.1, 0.15) is 51.3 Å². The van der Waals surface area contributed by atoms with Crippen LogP contribution in [-0.2, 0) is 19.0 Å². The van der Waals surface area contributed by atoms with E-state index in [1.54, 1.807) is 0 Å². The summed E-state index contributed by atoms with van der Waals surface area (Å²) in [6, 6.07) is 0. The highest BCUT2D eigenvalue weighted by Crippen LogP contribution is 2.23. The van der Waals surface area contributed by atoms with Gasteiger partial charge in [-0.1, -0.05) is 20.8 Å². The van der Waals surface area contributed by atoms with Crippen LogP contribution >= 0.6 is 0 Å². The fraction of sp³-hybridized carbons (Fsp3) is 0.786. The third kappa shape index (κ3) is 4.78. The van der Waals surface area contributed by atoms with Crippen LogP contribution < -0.4 is 5.32 Å². The molecule has 0 aliphatic rings. The SMILES string of the molecule is Cn1cc(CNCCCCCO)c(C(C)(C)C)n1. The van der Waals surface area contributed by atoms with E-state index in [4.69, 9.17) is 5.11 Å². The van der Waals surface area contributed by atoms with E-state index in [1.165, 1.54) is 11.3 Å². The van der Waals surface area contributed by atoms with E-state index in [-0.39, 0.29) is 5.41 Å².